The maximum atomic E-state index is 12.6. The number of halogens is 2. The van der Waals surface area contributed by atoms with Crippen molar-refractivity contribution in [2.24, 2.45) is 5.92 Å². The van der Waals surface area contributed by atoms with Crippen LogP contribution in [0, 0.1) is 12.8 Å². The second kappa shape index (κ2) is 4.95. The van der Waals surface area contributed by atoms with Crippen LogP contribution in [0.5, 0.6) is 0 Å². The van der Waals surface area contributed by atoms with E-state index in [2.05, 4.69) is 14.9 Å². The van der Waals surface area contributed by atoms with E-state index in [1.165, 1.54) is 0 Å². The Morgan fingerprint density at radius 3 is 3.06 bits per heavy atom. The lowest BCUT2D eigenvalue weighted by molar-refractivity contribution is 0.315. The van der Waals surface area contributed by atoms with Gasteiger partial charge in [0.15, 0.2) is 0 Å². The highest BCUT2D eigenvalue weighted by Gasteiger charge is 2.21. The zero-order chi connectivity index (χ0) is 11.5. The Hall–Kier alpha value is -0.900. The summed E-state index contributed by atoms with van der Waals surface area (Å²) in [6.07, 6.45) is 1.97. The topological polar surface area (TPSA) is 29.0 Å². The van der Waals surface area contributed by atoms with Crippen molar-refractivity contribution in [2.75, 3.05) is 24.7 Å². The fourth-order valence-corrected chi connectivity index (χ4v) is 2.30. The van der Waals surface area contributed by atoms with Crippen molar-refractivity contribution in [3.8, 4) is 0 Å². The maximum Gasteiger partial charge on any atom is 0.134 e. The summed E-state index contributed by atoms with van der Waals surface area (Å²) < 4.78 is 12.6. The van der Waals surface area contributed by atoms with Crippen LogP contribution in [0.2, 0.25) is 5.15 Å². The lowest BCUT2D eigenvalue weighted by Gasteiger charge is -2.32. The van der Waals surface area contributed by atoms with Crippen LogP contribution in [-0.2, 0) is 0 Å². The number of aryl methyl sites for hydroxylation is 1. The monoisotopic (exact) mass is 243 g/mol. The molecule has 1 aliphatic rings. The Kier molecular flexibility index (Phi) is 3.59. The van der Waals surface area contributed by atoms with Gasteiger partial charge < -0.3 is 4.90 Å². The van der Waals surface area contributed by atoms with Crippen LogP contribution in [0.15, 0.2) is 6.07 Å². The molecular formula is C11H15ClFN3. The molecule has 2 heterocycles. The normalized spacial score (nSPS) is 21.2. The molecule has 16 heavy (non-hydrogen) atoms. The third kappa shape index (κ3) is 2.61. The van der Waals surface area contributed by atoms with Crippen molar-refractivity contribution in [3.63, 3.8) is 0 Å². The highest BCUT2D eigenvalue weighted by atomic mass is 35.5. The van der Waals surface area contributed by atoms with Gasteiger partial charge in [-0.1, -0.05) is 11.6 Å². The minimum absolute atomic E-state index is 0.128. The van der Waals surface area contributed by atoms with Gasteiger partial charge in [0.25, 0.3) is 0 Å². The largest absolute Gasteiger partial charge is 0.356 e. The van der Waals surface area contributed by atoms with Gasteiger partial charge in [-0.25, -0.2) is 9.97 Å². The van der Waals surface area contributed by atoms with Crippen molar-refractivity contribution in [1.29, 1.82) is 0 Å². The van der Waals surface area contributed by atoms with E-state index in [1.54, 1.807) is 6.07 Å². The number of rotatable bonds is 2. The molecule has 0 aliphatic carbocycles. The van der Waals surface area contributed by atoms with Crippen LogP contribution < -0.4 is 4.90 Å². The van der Waals surface area contributed by atoms with Gasteiger partial charge in [-0.05, 0) is 19.8 Å². The summed E-state index contributed by atoms with van der Waals surface area (Å²) in [5.41, 5.74) is 0. The second-order valence-electron chi connectivity index (χ2n) is 4.20. The second-order valence-corrected chi connectivity index (χ2v) is 4.59. The average molecular weight is 244 g/mol. The number of alkyl halides is 1. The minimum atomic E-state index is -0.256. The molecule has 0 amide bonds. The van der Waals surface area contributed by atoms with E-state index >= 15 is 0 Å². The molecule has 5 heteroatoms. The van der Waals surface area contributed by atoms with Crippen LogP contribution >= 0.6 is 11.6 Å². The van der Waals surface area contributed by atoms with Crippen molar-refractivity contribution in [3.05, 3.63) is 17.0 Å². The summed E-state index contributed by atoms with van der Waals surface area (Å²) in [4.78, 5) is 10.4. The summed E-state index contributed by atoms with van der Waals surface area (Å²) in [7, 11) is 0. The van der Waals surface area contributed by atoms with Crippen LogP contribution in [0.4, 0.5) is 10.2 Å². The Morgan fingerprint density at radius 2 is 2.38 bits per heavy atom. The molecule has 0 aromatic carbocycles. The molecule has 0 N–H and O–H groups in total. The number of piperidine rings is 1. The summed E-state index contributed by atoms with van der Waals surface area (Å²) in [6.45, 7) is 3.20. The number of aromatic nitrogens is 2. The number of hydrogen-bond donors (Lipinski definition) is 0. The molecule has 1 aliphatic heterocycles. The SMILES string of the molecule is Cc1nc(Cl)cc(N2CCC[C@@H](CF)C2)n1. The van der Waals surface area contributed by atoms with E-state index in [0.717, 1.165) is 31.7 Å². The van der Waals surface area contributed by atoms with Crippen LogP contribution in [-0.4, -0.2) is 29.7 Å². The van der Waals surface area contributed by atoms with Crippen LogP contribution in [0.3, 0.4) is 0 Å². The van der Waals surface area contributed by atoms with Crippen molar-refractivity contribution in [1.82, 2.24) is 9.97 Å². The molecule has 1 aromatic heterocycles. The molecule has 0 unspecified atom stereocenters. The molecule has 88 valence electrons. The fourth-order valence-electron chi connectivity index (χ4n) is 2.08. The van der Waals surface area contributed by atoms with Gasteiger partial charge in [0.1, 0.15) is 16.8 Å². The highest BCUT2D eigenvalue weighted by Crippen LogP contribution is 2.23. The molecule has 0 bridgehead atoms. The van der Waals surface area contributed by atoms with E-state index in [1.807, 2.05) is 6.92 Å². The van der Waals surface area contributed by atoms with Gasteiger partial charge in [0, 0.05) is 25.1 Å². The lowest BCUT2D eigenvalue weighted by Crippen LogP contribution is -2.36. The molecule has 1 fully saturated rings. The number of nitrogens with zero attached hydrogens (tertiary/aromatic N) is 3. The Labute approximate surface area is 99.6 Å². The smallest absolute Gasteiger partial charge is 0.134 e. The molecule has 0 spiro atoms. The van der Waals surface area contributed by atoms with Crippen molar-refractivity contribution < 1.29 is 4.39 Å². The summed E-state index contributed by atoms with van der Waals surface area (Å²) in [5, 5.41) is 0.449. The summed E-state index contributed by atoms with van der Waals surface area (Å²) in [6, 6.07) is 1.75. The van der Waals surface area contributed by atoms with Gasteiger partial charge in [-0.15, -0.1) is 0 Å². The van der Waals surface area contributed by atoms with E-state index in [-0.39, 0.29) is 12.6 Å². The predicted molar refractivity (Wildman–Crippen MR) is 62.7 cm³/mol. The highest BCUT2D eigenvalue weighted by molar-refractivity contribution is 6.29. The molecule has 0 saturated carbocycles. The van der Waals surface area contributed by atoms with Crippen molar-refractivity contribution in [2.45, 2.75) is 19.8 Å². The first-order chi connectivity index (χ1) is 7.69. The molecular weight excluding hydrogens is 229 g/mol. The molecule has 1 saturated heterocycles. The molecule has 2 rings (SSSR count). The zero-order valence-electron chi connectivity index (χ0n) is 9.29. The Bertz CT molecular complexity index is 352. The van der Waals surface area contributed by atoms with Crippen LogP contribution in [0.1, 0.15) is 18.7 Å². The Morgan fingerprint density at radius 1 is 1.56 bits per heavy atom. The van der Waals surface area contributed by atoms with Crippen molar-refractivity contribution >= 4 is 17.4 Å². The number of anilines is 1. The van der Waals surface area contributed by atoms with Gasteiger partial charge in [-0.2, -0.15) is 0 Å². The average Bonchev–Trinajstić information content (AvgIpc) is 2.28. The first-order valence-electron chi connectivity index (χ1n) is 5.51. The van der Waals surface area contributed by atoms with E-state index in [0.29, 0.717) is 11.0 Å². The summed E-state index contributed by atoms with van der Waals surface area (Å²) >= 11 is 5.89. The minimum Gasteiger partial charge on any atom is -0.356 e. The molecule has 3 nitrogen and oxygen atoms in total. The fraction of sp³-hybridized carbons (Fsp3) is 0.636. The summed E-state index contributed by atoms with van der Waals surface area (Å²) in [5.74, 6) is 1.60. The third-order valence-corrected chi connectivity index (χ3v) is 3.05. The maximum absolute atomic E-state index is 12.6. The van der Waals surface area contributed by atoms with E-state index < -0.39 is 0 Å². The predicted octanol–water partition coefficient (Wildman–Crippen LogP) is 2.62. The van der Waals surface area contributed by atoms with Crippen LogP contribution in [0.25, 0.3) is 0 Å². The first-order valence-corrected chi connectivity index (χ1v) is 5.89. The van der Waals surface area contributed by atoms with Gasteiger partial charge >= 0.3 is 0 Å². The quantitative estimate of drug-likeness (QED) is 0.748. The molecule has 1 atom stereocenters. The molecule has 0 radical (unpaired) electrons. The lowest BCUT2D eigenvalue weighted by atomic mass is 10.00. The third-order valence-electron chi connectivity index (χ3n) is 2.85. The van der Waals surface area contributed by atoms with Gasteiger partial charge in [0.05, 0.1) is 6.67 Å². The van der Waals surface area contributed by atoms with E-state index in [9.17, 15) is 4.39 Å². The van der Waals surface area contributed by atoms with Gasteiger partial charge in [0.2, 0.25) is 0 Å². The Balaban J connectivity index is 2.16. The first kappa shape index (κ1) is 11.6. The standard InChI is InChI=1S/C11H15ClFN3/c1-8-14-10(12)5-11(15-8)16-4-2-3-9(6-13)7-16/h5,9H,2-4,6-7H2,1H3/t9-/m0/s1. The zero-order valence-corrected chi connectivity index (χ0v) is 10.0. The van der Waals surface area contributed by atoms with Gasteiger partial charge in [-0.3, -0.25) is 4.39 Å². The van der Waals surface area contributed by atoms with E-state index in [4.69, 9.17) is 11.6 Å². The molecule has 1 aromatic rings. The number of hydrogen-bond acceptors (Lipinski definition) is 3.